The van der Waals surface area contributed by atoms with Gasteiger partial charge in [0.05, 0.1) is 5.41 Å². The van der Waals surface area contributed by atoms with Gasteiger partial charge in [0.2, 0.25) is 0 Å². The predicted octanol–water partition coefficient (Wildman–Crippen LogP) is 3.93. The lowest BCUT2D eigenvalue weighted by Crippen LogP contribution is -2.50. The molecule has 1 saturated carbocycles. The van der Waals surface area contributed by atoms with E-state index in [1.165, 1.54) is 17.0 Å². The number of carbonyl (C=O) groups is 2. The summed E-state index contributed by atoms with van der Waals surface area (Å²) >= 11 is 0. The molecule has 1 aliphatic carbocycles. The van der Waals surface area contributed by atoms with Crippen molar-refractivity contribution < 1.29 is 37.0 Å². The van der Waals surface area contributed by atoms with E-state index in [4.69, 9.17) is 0 Å². The van der Waals surface area contributed by atoms with Crippen molar-refractivity contribution in [3.8, 4) is 0 Å². The van der Waals surface area contributed by atoms with Gasteiger partial charge in [-0.3, -0.25) is 9.69 Å². The number of piperazine rings is 1. The maximum Gasteiger partial charge on any atom is 0.425 e. The molecule has 172 valence electrons. The highest BCUT2D eigenvalue weighted by Gasteiger charge is 2.44. The van der Waals surface area contributed by atoms with Gasteiger partial charge >= 0.3 is 18.2 Å². The number of carboxylic acids is 1. The van der Waals surface area contributed by atoms with Crippen LogP contribution in [0.3, 0.4) is 0 Å². The Hall–Kier alpha value is -2.36. The highest BCUT2D eigenvalue weighted by molar-refractivity contribution is 5.82. The van der Waals surface area contributed by atoms with Crippen LogP contribution in [0.4, 0.5) is 22.4 Å². The van der Waals surface area contributed by atoms with Gasteiger partial charge in [-0.05, 0) is 43.0 Å². The summed E-state index contributed by atoms with van der Waals surface area (Å²) in [6, 6.07) is 4.20. The lowest BCUT2D eigenvalue weighted by atomic mass is 9.76. The lowest BCUT2D eigenvalue weighted by molar-refractivity contribution is -0.200. The van der Waals surface area contributed by atoms with Gasteiger partial charge in [-0.25, -0.2) is 9.18 Å². The zero-order valence-electron chi connectivity index (χ0n) is 17.3. The van der Waals surface area contributed by atoms with Gasteiger partial charge in [-0.15, -0.1) is 0 Å². The first-order valence-electron chi connectivity index (χ1n) is 10.3. The number of halogens is 4. The molecule has 1 saturated heterocycles. The van der Waals surface area contributed by atoms with Crippen LogP contribution in [0.1, 0.15) is 43.7 Å². The van der Waals surface area contributed by atoms with Gasteiger partial charge in [0.15, 0.2) is 6.10 Å². The van der Waals surface area contributed by atoms with E-state index in [-0.39, 0.29) is 13.1 Å². The van der Waals surface area contributed by atoms with Gasteiger partial charge < -0.3 is 14.7 Å². The molecule has 0 spiro atoms. The molecule has 1 aromatic rings. The lowest BCUT2D eigenvalue weighted by Gasteiger charge is -2.36. The van der Waals surface area contributed by atoms with Gasteiger partial charge in [0, 0.05) is 32.7 Å². The van der Waals surface area contributed by atoms with Crippen LogP contribution in [0.15, 0.2) is 18.2 Å². The van der Waals surface area contributed by atoms with Gasteiger partial charge in [-0.1, -0.05) is 18.9 Å². The molecule has 2 aliphatic rings. The van der Waals surface area contributed by atoms with E-state index in [2.05, 4.69) is 4.74 Å². The minimum absolute atomic E-state index is 0.185. The number of ether oxygens (including phenoxy) is 1. The molecule has 0 radical (unpaired) electrons. The molecule has 1 amide bonds. The molecule has 3 rings (SSSR count). The number of nitrogens with zero attached hydrogens (tertiary/aromatic N) is 2. The largest absolute Gasteiger partial charge is 0.481 e. The third kappa shape index (κ3) is 5.11. The van der Waals surface area contributed by atoms with Crippen LogP contribution >= 0.6 is 0 Å². The Bertz CT molecular complexity index is 816. The summed E-state index contributed by atoms with van der Waals surface area (Å²) in [7, 11) is 0. The molecular weight excluding hydrogens is 420 g/mol. The molecule has 2 fully saturated rings. The fraction of sp³-hybridized carbons (Fsp3) is 0.619. The molecule has 6 nitrogen and oxygen atoms in total. The van der Waals surface area contributed by atoms with Crippen LogP contribution in [0.5, 0.6) is 0 Å². The second-order valence-electron chi connectivity index (χ2n) is 8.23. The van der Waals surface area contributed by atoms with Crippen molar-refractivity contribution in [3.63, 3.8) is 0 Å². The quantitative estimate of drug-likeness (QED) is 0.695. The highest BCUT2D eigenvalue weighted by atomic mass is 19.4. The minimum atomic E-state index is -4.61. The Balaban J connectivity index is 1.66. The SMILES string of the molecule is CC(OC(=O)N1CCN(Cc2ccc(F)cc2C2(C(=O)O)CCCC2)CC1)C(F)(F)F. The molecule has 1 N–H and O–H groups in total. The van der Waals surface area contributed by atoms with Crippen molar-refractivity contribution in [1.82, 2.24) is 9.80 Å². The molecule has 1 unspecified atom stereocenters. The van der Waals surface area contributed by atoms with Crippen LogP contribution < -0.4 is 0 Å². The third-order valence-corrected chi connectivity index (χ3v) is 6.22. The normalized spacial score (nSPS) is 20.5. The molecule has 0 aromatic heterocycles. The first kappa shape index (κ1) is 23.3. The molecular formula is C21H26F4N2O4. The third-order valence-electron chi connectivity index (χ3n) is 6.22. The topological polar surface area (TPSA) is 70.1 Å². The first-order valence-corrected chi connectivity index (χ1v) is 10.3. The second kappa shape index (κ2) is 9.02. The van der Waals surface area contributed by atoms with Crippen LogP contribution in [-0.2, 0) is 21.5 Å². The number of rotatable bonds is 5. The fourth-order valence-corrected chi connectivity index (χ4v) is 4.33. The minimum Gasteiger partial charge on any atom is -0.481 e. The molecule has 10 heteroatoms. The van der Waals surface area contributed by atoms with Crippen molar-refractivity contribution in [1.29, 1.82) is 0 Å². The van der Waals surface area contributed by atoms with Crippen molar-refractivity contribution in [2.24, 2.45) is 0 Å². The van der Waals surface area contributed by atoms with Crippen molar-refractivity contribution in [3.05, 3.63) is 35.1 Å². The molecule has 1 aliphatic heterocycles. The van der Waals surface area contributed by atoms with E-state index in [0.717, 1.165) is 19.8 Å². The average molecular weight is 446 g/mol. The van der Waals surface area contributed by atoms with E-state index in [1.54, 1.807) is 6.07 Å². The molecule has 31 heavy (non-hydrogen) atoms. The molecule has 1 atom stereocenters. The number of carbonyl (C=O) groups excluding carboxylic acids is 1. The molecule has 1 heterocycles. The summed E-state index contributed by atoms with van der Waals surface area (Å²) in [5.41, 5.74) is 0.0994. The van der Waals surface area contributed by atoms with E-state index >= 15 is 0 Å². The molecule has 1 aromatic carbocycles. The summed E-state index contributed by atoms with van der Waals surface area (Å²) < 4.78 is 56.3. The summed E-state index contributed by atoms with van der Waals surface area (Å²) in [6.07, 6.45) is -5.37. The fourth-order valence-electron chi connectivity index (χ4n) is 4.33. The maximum absolute atomic E-state index is 14.0. The van der Waals surface area contributed by atoms with Crippen LogP contribution in [0.2, 0.25) is 0 Å². The standard InChI is InChI=1S/C21H26F4N2O4/c1-14(21(23,24)25)31-19(30)27-10-8-26(9-11-27)13-15-4-5-16(22)12-17(15)20(18(28)29)6-2-3-7-20/h4-5,12,14H,2-3,6-11,13H2,1H3,(H,28,29). The summed E-state index contributed by atoms with van der Waals surface area (Å²) in [6.45, 7) is 2.28. The van der Waals surface area contributed by atoms with E-state index in [0.29, 0.717) is 43.6 Å². The van der Waals surface area contributed by atoms with E-state index in [1.807, 2.05) is 4.90 Å². The number of aliphatic carboxylic acids is 1. The zero-order valence-corrected chi connectivity index (χ0v) is 17.3. The van der Waals surface area contributed by atoms with Gasteiger partial charge in [0.1, 0.15) is 5.82 Å². The Labute approximate surface area is 177 Å². The number of carboxylic acid groups (broad SMARTS) is 1. The monoisotopic (exact) mass is 446 g/mol. The molecule has 0 bridgehead atoms. The smallest absolute Gasteiger partial charge is 0.425 e. The Kier molecular flexibility index (Phi) is 6.78. The number of hydrogen-bond acceptors (Lipinski definition) is 4. The van der Waals surface area contributed by atoms with Crippen LogP contribution in [0, 0.1) is 5.82 Å². The average Bonchev–Trinajstić information content (AvgIpc) is 3.20. The predicted molar refractivity (Wildman–Crippen MR) is 103 cm³/mol. The van der Waals surface area contributed by atoms with Crippen molar-refractivity contribution in [2.45, 2.75) is 56.8 Å². The number of alkyl halides is 3. The van der Waals surface area contributed by atoms with Crippen molar-refractivity contribution >= 4 is 12.1 Å². The number of hydrogen-bond donors (Lipinski definition) is 1. The maximum atomic E-state index is 14.0. The van der Waals surface area contributed by atoms with Gasteiger partial charge in [-0.2, -0.15) is 13.2 Å². The van der Waals surface area contributed by atoms with Crippen molar-refractivity contribution in [2.75, 3.05) is 26.2 Å². The van der Waals surface area contributed by atoms with Crippen LogP contribution in [0.25, 0.3) is 0 Å². The first-order chi connectivity index (χ1) is 14.5. The summed E-state index contributed by atoms with van der Waals surface area (Å²) in [5.74, 6) is -1.44. The second-order valence-corrected chi connectivity index (χ2v) is 8.23. The number of benzene rings is 1. The Morgan fingerprint density at radius 2 is 1.77 bits per heavy atom. The Morgan fingerprint density at radius 1 is 1.16 bits per heavy atom. The van der Waals surface area contributed by atoms with Crippen LogP contribution in [-0.4, -0.2) is 65.4 Å². The van der Waals surface area contributed by atoms with E-state index in [9.17, 15) is 32.3 Å². The van der Waals surface area contributed by atoms with Gasteiger partial charge in [0.25, 0.3) is 0 Å². The highest BCUT2D eigenvalue weighted by Crippen LogP contribution is 2.43. The number of amides is 1. The summed E-state index contributed by atoms with van der Waals surface area (Å²) in [4.78, 5) is 27.3. The van der Waals surface area contributed by atoms with E-state index < -0.39 is 35.6 Å². The zero-order chi connectivity index (χ0) is 22.8. The Morgan fingerprint density at radius 3 is 2.32 bits per heavy atom. The summed E-state index contributed by atoms with van der Waals surface area (Å²) in [5, 5.41) is 9.89.